The minimum Gasteiger partial charge on any atom is -0.483 e. The van der Waals surface area contributed by atoms with Crippen LogP contribution in [0.3, 0.4) is 0 Å². The van der Waals surface area contributed by atoms with Crippen LogP contribution in [-0.4, -0.2) is 11.6 Å². The highest BCUT2D eigenvalue weighted by Gasteiger charge is 1.22. The monoisotopic (exact) mass is 74.0 g/mol. The van der Waals surface area contributed by atoms with Gasteiger partial charge in [-0.1, -0.05) is 0 Å². The first-order valence-corrected chi connectivity index (χ1v) is 0.783. The van der Waals surface area contributed by atoms with Gasteiger partial charge in [0.05, 0.1) is 7.05 Å². The first-order valence-electron chi connectivity index (χ1n) is 0.783. The first-order chi connectivity index (χ1) is 2.41. The average molecular weight is 74.1 g/mol. The van der Waals surface area contributed by atoms with Crippen molar-refractivity contribution in [1.29, 1.82) is 0 Å². The van der Waals surface area contributed by atoms with E-state index >= 15 is 0 Å². The molecule has 0 aliphatic rings. The van der Waals surface area contributed by atoms with E-state index in [0.29, 0.717) is 0 Å². The highest BCUT2D eigenvalue weighted by atomic mass is 16.3. The molecule has 0 aromatic rings. The number of hydrogen-bond donors (Lipinski definition) is 2. The predicted molar refractivity (Wildman–Crippen MR) is 16.1 cm³/mol. The molecule has 0 aromatic heterocycles. The third-order valence-electron chi connectivity index (χ3n) is 0. The summed E-state index contributed by atoms with van der Waals surface area (Å²) in [6.45, 7) is -0.250. The van der Waals surface area contributed by atoms with Crippen LogP contribution in [0, 0.1) is 7.05 Å². The fraction of sp³-hybridized carbons (Fsp3) is 0. The van der Waals surface area contributed by atoms with Crippen LogP contribution in [0.25, 0.3) is 0 Å². The second-order valence-electron chi connectivity index (χ2n) is 0.105. The van der Waals surface area contributed by atoms with Crippen LogP contribution < -0.4 is 5.73 Å². The van der Waals surface area contributed by atoms with Crippen molar-refractivity contribution in [3.05, 3.63) is 7.05 Å². The highest BCUT2D eigenvalue weighted by molar-refractivity contribution is 5.32. The SMILES string of the molecule is O=CO.[C]N. The standard InChI is InChI=1S/CH2N.CH2O2/c1-2;2-1-3/h2H2;1H,(H,2,3). The molecule has 0 bridgehead atoms. The molecule has 0 aromatic carbocycles. The second kappa shape index (κ2) is 110. The van der Waals surface area contributed by atoms with E-state index in [9.17, 15) is 0 Å². The zero-order valence-electron chi connectivity index (χ0n) is 2.51. The summed E-state index contributed by atoms with van der Waals surface area (Å²) >= 11 is 0. The first kappa shape index (κ1) is 8.83. The van der Waals surface area contributed by atoms with Crippen molar-refractivity contribution in [2.45, 2.75) is 0 Å². The smallest absolute Gasteiger partial charge is 0.290 e. The Morgan fingerprint density at radius 2 is 1.80 bits per heavy atom. The summed E-state index contributed by atoms with van der Waals surface area (Å²) in [4.78, 5) is 8.36. The van der Waals surface area contributed by atoms with Gasteiger partial charge < -0.3 is 10.8 Å². The van der Waals surface area contributed by atoms with Crippen molar-refractivity contribution in [1.82, 2.24) is 0 Å². The molecule has 3 radical (unpaired) electrons. The molecule has 0 aliphatic heterocycles. The van der Waals surface area contributed by atoms with Gasteiger partial charge >= 0.3 is 0 Å². The number of carboxylic acid groups (broad SMARTS) is 1. The lowest BCUT2D eigenvalue weighted by molar-refractivity contribution is -0.122. The Morgan fingerprint density at radius 1 is 1.80 bits per heavy atom. The van der Waals surface area contributed by atoms with Gasteiger partial charge in [0.25, 0.3) is 6.47 Å². The Hall–Kier alpha value is -0.570. The van der Waals surface area contributed by atoms with Gasteiger partial charge in [-0.15, -0.1) is 0 Å². The fourth-order valence-electron chi connectivity index (χ4n) is 0. The maximum Gasteiger partial charge on any atom is 0.290 e. The lowest BCUT2D eigenvalue weighted by Gasteiger charge is -1.34. The van der Waals surface area contributed by atoms with Crippen molar-refractivity contribution in [3.8, 4) is 0 Å². The van der Waals surface area contributed by atoms with Crippen LogP contribution in [0.2, 0.25) is 0 Å². The van der Waals surface area contributed by atoms with E-state index in [1.807, 2.05) is 0 Å². The Bertz CT molecular complexity index is 15.1. The second-order valence-corrected chi connectivity index (χ2v) is 0.105. The molecule has 0 fully saturated rings. The highest BCUT2D eigenvalue weighted by Crippen LogP contribution is 0.966. The summed E-state index contributed by atoms with van der Waals surface area (Å²) in [5, 5.41) is 6.89. The summed E-state index contributed by atoms with van der Waals surface area (Å²) in [7, 11) is 5.25. The molecule has 3 heteroatoms. The largest absolute Gasteiger partial charge is 0.483 e. The molecule has 0 saturated carbocycles. The molecule has 29 valence electrons. The molecule has 0 unspecified atom stereocenters. The molecular formula is C2H4NO2. The average Bonchev–Trinajstić information content (AvgIpc) is 1.46. The van der Waals surface area contributed by atoms with Crippen LogP contribution in [0.1, 0.15) is 0 Å². The molecule has 0 amide bonds. The molecular weight excluding hydrogens is 70.0 g/mol. The minimum atomic E-state index is -0.250. The molecule has 0 rings (SSSR count). The van der Waals surface area contributed by atoms with Crippen LogP contribution >= 0.6 is 0 Å². The van der Waals surface area contributed by atoms with E-state index in [4.69, 9.17) is 16.9 Å². The third kappa shape index (κ3) is 21.6. The summed E-state index contributed by atoms with van der Waals surface area (Å²) < 4.78 is 0. The summed E-state index contributed by atoms with van der Waals surface area (Å²) in [5.41, 5.74) is 3.75. The molecule has 3 N–H and O–H groups in total. The van der Waals surface area contributed by atoms with Gasteiger partial charge in [-0.05, 0) is 0 Å². The van der Waals surface area contributed by atoms with Crippen molar-refractivity contribution in [3.63, 3.8) is 0 Å². The third-order valence-corrected chi connectivity index (χ3v) is 0. The lowest BCUT2D eigenvalue weighted by Crippen LogP contribution is -1.61. The van der Waals surface area contributed by atoms with Crippen molar-refractivity contribution in [2.75, 3.05) is 0 Å². The molecule has 0 saturated heterocycles. The molecule has 0 atom stereocenters. The van der Waals surface area contributed by atoms with Crippen LogP contribution in [0.5, 0.6) is 0 Å². The number of carbonyl (C=O) groups is 1. The van der Waals surface area contributed by atoms with Crippen molar-refractivity contribution in [2.24, 2.45) is 5.73 Å². The Kier molecular flexibility index (Phi) is 193. The molecule has 0 aliphatic carbocycles. The summed E-state index contributed by atoms with van der Waals surface area (Å²) in [6, 6.07) is 0. The zero-order valence-corrected chi connectivity index (χ0v) is 2.51. The van der Waals surface area contributed by atoms with Gasteiger partial charge in [0.15, 0.2) is 0 Å². The summed E-state index contributed by atoms with van der Waals surface area (Å²) in [6.07, 6.45) is 0. The van der Waals surface area contributed by atoms with E-state index in [1.165, 1.54) is 0 Å². The maximum absolute atomic E-state index is 8.36. The van der Waals surface area contributed by atoms with E-state index in [2.05, 4.69) is 5.73 Å². The minimum absolute atomic E-state index is 0.250. The van der Waals surface area contributed by atoms with E-state index < -0.39 is 0 Å². The van der Waals surface area contributed by atoms with Crippen LogP contribution in [-0.2, 0) is 4.79 Å². The van der Waals surface area contributed by atoms with Gasteiger partial charge in [-0.2, -0.15) is 0 Å². The van der Waals surface area contributed by atoms with Gasteiger partial charge in [-0.3, -0.25) is 4.79 Å². The normalized spacial score (nSPS) is 3.60. The van der Waals surface area contributed by atoms with Gasteiger partial charge in [-0.25, -0.2) is 0 Å². The fourth-order valence-corrected chi connectivity index (χ4v) is 0. The van der Waals surface area contributed by atoms with Gasteiger partial charge in [0.1, 0.15) is 0 Å². The quantitative estimate of drug-likeness (QED) is 0.369. The molecule has 0 spiro atoms. The molecule has 5 heavy (non-hydrogen) atoms. The Morgan fingerprint density at radius 3 is 1.80 bits per heavy atom. The maximum atomic E-state index is 8.36. The van der Waals surface area contributed by atoms with Crippen LogP contribution in [0.15, 0.2) is 0 Å². The molecule has 0 heterocycles. The van der Waals surface area contributed by atoms with Gasteiger partial charge in [0.2, 0.25) is 0 Å². The Balaban J connectivity index is 0. The zero-order chi connectivity index (χ0) is 4.71. The molecule has 3 nitrogen and oxygen atoms in total. The van der Waals surface area contributed by atoms with E-state index in [1.54, 1.807) is 0 Å². The van der Waals surface area contributed by atoms with Gasteiger partial charge in [0, 0.05) is 0 Å². The summed E-state index contributed by atoms with van der Waals surface area (Å²) in [5.74, 6) is 0. The number of hydrogen-bond acceptors (Lipinski definition) is 2. The van der Waals surface area contributed by atoms with E-state index in [0.717, 1.165) is 0 Å². The van der Waals surface area contributed by atoms with Crippen molar-refractivity contribution >= 4 is 6.47 Å². The number of nitrogens with two attached hydrogens (primary N) is 1. The predicted octanol–water partition coefficient (Wildman–Crippen LogP) is -0.809. The number of rotatable bonds is 0. The topological polar surface area (TPSA) is 63.3 Å². The Labute approximate surface area is 30.4 Å². The van der Waals surface area contributed by atoms with Crippen molar-refractivity contribution < 1.29 is 9.90 Å². The van der Waals surface area contributed by atoms with E-state index in [-0.39, 0.29) is 6.47 Å². The lowest BCUT2D eigenvalue weighted by atomic mass is 11.6. The van der Waals surface area contributed by atoms with Crippen LogP contribution in [0.4, 0.5) is 0 Å².